The second-order valence-electron chi connectivity index (χ2n) is 5.19. The summed E-state index contributed by atoms with van der Waals surface area (Å²) in [5.41, 5.74) is -5.04. The lowest BCUT2D eigenvalue weighted by Gasteiger charge is -2.25. The van der Waals surface area contributed by atoms with Crippen molar-refractivity contribution in [1.82, 2.24) is 0 Å². The summed E-state index contributed by atoms with van der Waals surface area (Å²) in [4.78, 5) is 71.4. The van der Waals surface area contributed by atoms with Crippen molar-refractivity contribution in [3.63, 3.8) is 0 Å². The highest BCUT2D eigenvalue weighted by molar-refractivity contribution is 7.70. The Balaban J connectivity index is 4.12. The van der Waals surface area contributed by atoms with Gasteiger partial charge in [-0.3, -0.25) is 18.3 Å². The van der Waals surface area contributed by atoms with E-state index < -0.39 is 75.6 Å². The van der Waals surface area contributed by atoms with Gasteiger partial charge in [0.1, 0.15) is 0 Å². The van der Waals surface area contributed by atoms with E-state index in [9.17, 15) is 35.8 Å². The Bertz CT molecular complexity index is 836. The normalized spacial score (nSPS) is 14.2. The van der Waals surface area contributed by atoms with Crippen LogP contribution < -0.4 is 0 Å². The highest BCUT2D eigenvalue weighted by Crippen LogP contribution is 2.73. The number of halogens is 4. The average Bonchev–Trinajstić information content (AvgIpc) is 2.40. The van der Waals surface area contributed by atoms with Crippen molar-refractivity contribution in [2.24, 2.45) is 0 Å². The van der Waals surface area contributed by atoms with Gasteiger partial charge in [-0.05, 0) is 0 Å². The third kappa shape index (κ3) is 4.99. The molecule has 20 heteroatoms. The van der Waals surface area contributed by atoms with Gasteiger partial charge in [-0.25, -0.2) is 17.6 Å². The van der Waals surface area contributed by atoms with E-state index in [1.54, 1.807) is 0 Å². The van der Waals surface area contributed by atoms with Crippen molar-refractivity contribution >= 4 is 30.4 Å². The van der Waals surface area contributed by atoms with Crippen LogP contribution >= 0.6 is 30.4 Å². The average molecular weight is 498 g/mol. The molecule has 0 saturated carbocycles. The van der Waals surface area contributed by atoms with Crippen molar-refractivity contribution in [2.75, 3.05) is 0 Å². The lowest BCUT2D eigenvalue weighted by atomic mass is 10.1. The predicted molar refractivity (Wildman–Crippen MR) is 79.9 cm³/mol. The maximum absolute atomic E-state index is 14.2. The highest BCUT2D eigenvalue weighted by atomic mass is 31.2. The molecule has 0 aliphatic heterocycles. The minimum absolute atomic E-state index is 2.52. The van der Waals surface area contributed by atoms with Gasteiger partial charge >= 0.3 is 30.4 Å². The summed E-state index contributed by atoms with van der Waals surface area (Å²) < 4.78 is 102. The minimum atomic E-state index is -6.20. The van der Waals surface area contributed by atoms with E-state index in [-0.39, 0.29) is 0 Å². The number of hydrogen-bond donors (Lipinski definition) is 8. The van der Waals surface area contributed by atoms with Gasteiger partial charge in [0.05, 0.1) is 11.1 Å². The van der Waals surface area contributed by atoms with Gasteiger partial charge in [-0.2, -0.15) is 0 Å². The molecule has 0 heterocycles. The molecular weight excluding hydrogens is 488 g/mol. The molecule has 1 aromatic rings. The van der Waals surface area contributed by atoms with Crippen LogP contribution in [0.3, 0.4) is 0 Å². The largest absolute Gasteiger partial charge is 0.345 e. The lowest BCUT2D eigenvalue weighted by molar-refractivity contribution is 0.324. The first-order valence-electron chi connectivity index (χ1n) is 6.20. The summed E-state index contributed by atoms with van der Waals surface area (Å²) in [6, 6.07) is 0. The van der Waals surface area contributed by atoms with E-state index >= 15 is 0 Å². The molecule has 0 aromatic heterocycles. The molecule has 0 amide bonds. The van der Waals surface area contributed by atoms with Crippen molar-refractivity contribution in [1.29, 1.82) is 0 Å². The molecule has 8 N–H and O–H groups in total. The monoisotopic (exact) mass is 498 g/mol. The Morgan fingerprint density at radius 3 is 0.714 bits per heavy atom. The van der Waals surface area contributed by atoms with Crippen LogP contribution in [0.4, 0.5) is 17.6 Å². The Hall–Kier alpha value is -0.460. The van der Waals surface area contributed by atoms with E-state index in [1.807, 2.05) is 0 Å². The number of hydrogen-bond acceptors (Lipinski definition) is 4. The third-order valence-corrected chi connectivity index (χ3v) is 10.3. The molecule has 0 bridgehead atoms. The van der Waals surface area contributed by atoms with Gasteiger partial charge in [-0.1, -0.05) is 0 Å². The highest BCUT2D eigenvalue weighted by Gasteiger charge is 2.53. The van der Waals surface area contributed by atoms with Crippen molar-refractivity contribution in [2.45, 2.75) is 10.8 Å². The SMILES string of the molecule is O=P(O)(O)C(c1c(F)c(F)c(C(P(=O)(O)O)P(=O)(O)O)c(F)c1F)P(=O)(O)O. The Morgan fingerprint density at radius 1 is 0.464 bits per heavy atom. The predicted octanol–water partition coefficient (Wildman–Crippen LogP) is 0.951. The summed E-state index contributed by atoms with van der Waals surface area (Å²) in [5.74, 6) is -11.7. The quantitative estimate of drug-likeness (QED) is 0.156. The van der Waals surface area contributed by atoms with Crippen molar-refractivity contribution < 1.29 is 75.0 Å². The van der Waals surface area contributed by atoms with E-state index in [4.69, 9.17) is 39.1 Å². The molecule has 0 unspecified atom stereocenters. The van der Waals surface area contributed by atoms with E-state index in [0.717, 1.165) is 0 Å². The zero-order chi connectivity index (χ0) is 22.6. The summed E-state index contributed by atoms with van der Waals surface area (Å²) in [7, 11) is -24.8. The van der Waals surface area contributed by atoms with Gasteiger partial charge < -0.3 is 39.1 Å². The van der Waals surface area contributed by atoms with Crippen molar-refractivity contribution in [3.8, 4) is 0 Å². The van der Waals surface area contributed by atoms with Crippen LogP contribution in [-0.4, -0.2) is 39.1 Å². The fourth-order valence-electron chi connectivity index (χ4n) is 2.18. The van der Waals surface area contributed by atoms with Crippen molar-refractivity contribution in [3.05, 3.63) is 34.4 Å². The molecule has 0 saturated heterocycles. The molecule has 0 atom stereocenters. The second-order valence-corrected chi connectivity index (χ2v) is 12.8. The molecule has 1 rings (SSSR count). The standard InChI is InChI=1S/C8H10F4O12P4/c9-3-1(7(25(13,14)15)26(16,17)18)4(10)6(12)2(5(3)11)8(27(19,20)21)28(22,23)24/h7-8H,(H2,13,14,15)(H2,16,17,18)(H2,19,20,21)(H2,22,23,24). The number of benzene rings is 1. The molecular formula is C8H10F4O12P4. The molecule has 0 aliphatic rings. The zero-order valence-electron chi connectivity index (χ0n) is 12.7. The van der Waals surface area contributed by atoms with Gasteiger partial charge in [-0.15, -0.1) is 0 Å². The maximum atomic E-state index is 14.2. The molecule has 0 radical (unpaired) electrons. The topological polar surface area (TPSA) is 230 Å². The van der Waals surface area contributed by atoms with Gasteiger partial charge in [0.2, 0.25) is 0 Å². The first kappa shape index (κ1) is 25.6. The summed E-state index contributed by atoms with van der Waals surface area (Å²) in [5, 5.41) is -7.52. The fourth-order valence-corrected chi connectivity index (χ4v) is 7.57. The molecule has 0 spiro atoms. The lowest BCUT2D eigenvalue weighted by Crippen LogP contribution is -2.16. The first-order chi connectivity index (χ1) is 12.1. The van der Waals surface area contributed by atoms with Crippen LogP contribution in [0.1, 0.15) is 21.9 Å². The van der Waals surface area contributed by atoms with Crippen LogP contribution in [0.25, 0.3) is 0 Å². The van der Waals surface area contributed by atoms with Crippen LogP contribution in [0.15, 0.2) is 0 Å². The second kappa shape index (κ2) is 7.66. The molecule has 12 nitrogen and oxygen atoms in total. The van der Waals surface area contributed by atoms with Crippen LogP contribution in [0.2, 0.25) is 0 Å². The minimum Gasteiger partial charge on any atom is -0.324 e. The molecule has 1 aromatic carbocycles. The number of rotatable bonds is 6. The van der Waals surface area contributed by atoms with Crippen LogP contribution in [-0.2, 0) is 18.3 Å². The third-order valence-electron chi connectivity index (χ3n) is 3.12. The van der Waals surface area contributed by atoms with Gasteiger partial charge in [0, 0.05) is 0 Å². The maximum Gasteiger partial charge on any atom is 0.345 e. The Morgan fingerprint density at radius 2 is 0.607 bits per heavy atom. The van der Waals surface area contributed by atoms with E-state index in [2.05, 4.69) is 0 Å². The smallest absolute Gasteiger partial charge is 0.324 e. The Kier molecular flexibility index (Phi) is 7.00. The molecule has 0 aliphatic carbocycles. The Labute approximate surface area is 151 Å². The molecule has 28 heavy (non-hydrogen) atoms. The molecule has 0 fully saturated rings. The van der Waals surface area contributed by atoms with Crippen LogP contribution in [0.5, 0.6) is 0 Å². The molecule has 162 valence electrons. The van der Waals surface area contributed by atoms with Gasteiger partial charge in [0.15, 0.2) is 34.1 Å². The summed E-state index contributed by atoms with van der Waals surface area (Å²) >= 11 is 0. The first-order valence-corrected chi connectivity index (χ1v) is 12.9. The zero-order valence-corrected chi connectivity index (χ0v) is 16.2. The van der Waals surface area contributed by atoms with Crippen LogP contribution in [0, 0.1) is 23.3 Å². The fraction of sp³-hybridized carbons (Fsp3) is 0.250. The van der Waals surface area contributed by atoms with E-state index in [1.165, 1.54) is 0 Å². The van der Waals surface area contributed by atoms with Gasteiger partial charge in [0.25, 0.3) is 0 Å². The summed E-state index contributed by atoms with van der Waals surface area (Å²) in [6.07, 6.45) is 0. The van der Waals surface area contributed by atoms with E-state index in [0.29, 0.717) is 0 Å². The summed E-state index contributed by atoms with van der Waals surface area (Å²) in [6.45, 7) is 0.